The van der Waals surface area contributed by atoms with Crippen LogP contribution in [-0.4, -0.2) is 83.8 Å². The van der Waals surface area contributed by atoms with Gasteiger partial charge in [-0.15, -0.1) is 0 Å². The van der Waals surface area contributed by atoms with Crippen LogP contribution in [0.1, 0.15) is 72.9 Å². The molecular formula is C37H48ClN3O6S. The summed E-state index contributed by atoms with van der Waals surface area (Å²) in [5, 5.41) is 0.729. The van der Waals surface area contributed by atoms with Gasteiger partial charge in [-0.05, 0) is 125 Å². The Morgan fingerprint density at radius 1 is 1.17 bits per heavy atom. The number of rotatable bonds is 7. The van der Waals surface area contributed by atoms with Gasteiger partial charge < -0.3 is 19.3 Å². The number of fused-ring (bicyclic) bond motifs is 4. The third-order valence-electron chi connectivity index (χ3n) is 10.5. The van der Waals surface area contributed by atoms with Crippen molar-refractivity contribution in [3.63, 3.8) is 0 Å². The zero-order chi connectivity index (χ0) is 33.9. The summed E-state index contributed by atoms with van der Waals surface area (Å²) in [6.45, 7) is 2.82. The van der Waals surface area contributed by atoms with Gasteiger partial charge in [0.1, 0.15) is 12.4 Å². The van der Waals surface area contributed by atoms with Gasteiger partial charge in [0.15, 0.2) is 5.78 Å². The highest BCUT2D eigenvalue weighted by atomic mass is 35.5. The molecular weight excluding hydrogens is 650 g/mol. The Balaban J connectivity index is 1.32. The maximum atomic E-state index is 13.3. The standard InChI is InChI=1S/C37H48ClN3O6S/c1-40(2)18-7-9-30(42)23-46-34-10-4-3-5-19-48(44,45)39-36(43)27-12-16-35-33(21-27)41(22-28-11-14-31(28)34)24-37(25-47-35)17-6-8-26-20-29(38)13-15-32(26)37/h4,10,12-13,15-16,20-21,28,31,34H,3,5-9,11,14,17-19,22-25H2,1-2H3,(H,39,43)/b10-4+/t28-,31+,34+,37-/m0/s1. The second-order valence-corrected chi connectivity index (χ2v) is 16.6. The Kier molecular flexibility index (Phi) is 10.8. The summed E-state index contributed by atoms with van der Waals surface area (Å²) in [6, 6.07) is 11.4. The average molecular weight is 698 g/mol. The number of anilines is 1. The highest BCUT2D eigenvalue weighted by Gasteiger charge is 2.44. The SMILES string of the molecule is CN(C)CCCC(=O)CO[C@@H]1/C=C/CCCS(=O)(=O)NC(=O)c2ccc3c(c2)N(C[C@@H]2CC[C@H]21)C[C@@]1(CCCc2cc(Cl)ccc21)CO3. The number of sulfonamides is 1. The molecule has 1 saturated carbocycles. The lowest BCUT2D eigenvalue weighted by atomic mass is 9.68. The smallest absolute Gasteiger partial charge is 0.264 e. The normalized spacial score (nSPS) is 27.5. The van der Waals surface area contributed by atoms with E-state index in [1.165, 1.54) is 11.1 Å². The Labute approximate surface area is 290 Å². The number of ether oxygens (including phenoxy) is 2. The number of ketones is 1. The second kappa shape index (κ2) is 14.9. The molecule has 1 amide bonds. The van der Waals surface area contributed by atoms with Gasteiger partial charge in [0.05, 0.1) is 24.2 Å². The number of halogens is 1. The zero-order valence-corrected chi connectivity index (χ0v) is 29.7. The minimum Gasteiger partial charge on any atom is -0.490 e. The average Bonchev–Trinajstić information content (AvgIpc) is 3.17. The van der Waals surface area contributed by atoms with Crippen LogP contribution in [0.15, 0.2) is 48.6 Å². The van der Waals surface area contributed by atoms with Crippen molar-refractivity contribution in [1.82, 2.24) is 9.62 Å². The molecule has 2 aromatic carbocycles. The highest BCUT2D eigenvalue weighted by molar-refractivity contribution is 7.90. The highest BCUT2D eigenvalue weighted by Crippen LogP contribution is 2.47. The summed E-state index contributed by atoms with van der Waals surface area (Å²) in [7, 11) is 0.165. The molecule has 2 aromatic rings. The molecule has 2 heterocycles. The molecule has 9 nitrogen and oxygen atoms in total. The summed E-state index contributed by atoms with van der Waals surface area (Å²) in [5.41, 5.74) is 3.30. The quantitative estimate of drug-likeness (QED) is 0.376. The Bertz CT molecular complexity index is 1650. The first-order valence-corrected chi connectivity index (χ1v) is 19.4. The number of nitrogens with one attached hydrogen (secondary N) is 1. The lowest BCUT2D eigenvalue weighted by Gasteiger charge is -2.46. The number of hydrogen-bond donors (Lipinski definition) is 1. The van der Waals surface area contributed by atoms with Gasteiger partial charge in [0.2, 0.25) is 10.0 Å². The molecule has 2 bridgehead atoms. The van der Waals surface area contributed by atoms with Crippen molar-refractivity contribution in [3.05, 3.63) is 70.3 Å². The summed E-state index contributed by atoms with van der Waals surface area (Å²) in [4.78, 5) is 30.5. The van der Waals surface area contributed by atoms with Crippen molar-refractivity contribution in [3.8, 4) is 5.75 Å². The number of carbonyl (C=O) groups is 2. The molecule has 1 spiro atoms. The minimum absolute atomic E-state index is 0.0677. The number of allylic oxidation sites excluding steroid dienone is 1. The van der Waals surface area contributed by atoms with Crippen molar-refractivity contribution < 1.29 is 27.5 Å². The molecule has 4 aliphatic rings. The first kappa shape index (κ1) is 34.9. The summed E-state index contributed by atoms with van der Waals surface area (Å²) < 4.78 is 41.0. The Morgan fingerprint density at radius 3 is 2.81 bits per heavy atom. The van der Waals surface area contributed by atoms with E-state index in [2.05, 4.69) is 26.7 Å². The van der Waals surface area contributed by atoms with Crippen LogP contribution in [-0.2, 0) is 31.4 Å². The van der Waals surface area contributed by atoms with Crippen LogP contribution >= 0.6 is 11.6 Å². The number of hydrogen-bond acceptors (Lipinski definition) is 8. The minimum atomic E-state index is -3.84. The Morgan fingerprint density at radius 2 is 2.02 bits per heavy atom. The molecule has 2 aliphatic heterocycles. The zero-order valence-electron chi connectivity index (χ0n) is 28.1. The molecule has 4 atom stereocenters. The van der Waals surface area contributed by atoms with Crippen molar-refractivity contribution in [2.24, 2.45) is 11.8 Å². The number of Topliss-reactive ketones (excluding diaryl/α,β-unsaturated/α-hetero) is 1. The van der Waals surface area contributed by atoms with Crippen molar-refractivity contribution in [1.29, 1.82) is 0 Å². The topological polar surface area (TPSA) is 105 Å². The van der Waals surface area contributed by atoms with Crippen molar-refractivity contribution in [2.75, 3.05) is 57.6 Å². The fourth-order valence-corrected chi connectivity index (χ4v) is 9.08. The predicted octanol–water partition coefficient (Wildman–Crippen LogP) is 5.55. The second-order valence-electron chi connectivity index (χ2n) is 14.3. The van der Waals surface area contributed by atoms with E-state index in [0.717, 1.165) is 62.3 Å². The van der Waals surface area contributed by atoms with Gasteiger partial charge in [-0.1, -0.05) is 29.8 Å². The van der Waals surface area contributed by atoms with Gasteiger partial charge in [0, 0.05) is 35.5 Å². The van der Waals surface area contributed by atoms with E-state index in [1.54, 1.807) is 18.2 Å². The number of amides is 1. The largest absolute Gasteiger partial charge is 0.490 e. The first-order valence-electron chi connectivity index (χ1n) is 17.3. The molecule has 0 saturated heterocycles. The molecule has 6 rings (SSSR count). The number of nitrogens with zero attached hydrogens (tertiary/aromatic N) is 2. The van der Waals surface area contributed by atoms with Crippen molar-refractivity contribution in [2.45, 2.75) is 69.3 Å². The molecule has 2 aliphatic carbocycles. The van der Waals surface area contributed by atoms with Gasteiger partial charge in [0.25, 0.3) is 5.91 Å². The van der Waals surface area contributed by atoms with E-state index < -0.39 is 15.9 Å². The van der Waals surface area contributed by atoms with Gasteiger partial charge in [-0.25, -0.2) is 13.1 Å². The summed E-state index contributed by atoms with van der Waals surface area (Å²) in [5.74, 6) is 0.476. The molecule has 1 fully saturated rings. The predicted molar refractivity (Wildman–Crippen MR) is 189 cm³/mol. The maximum absolute atomic E-state index is 13.3. The van der Waals surface area contributed by atoms with Crippen LogP contribution in [0.2, 0.25) is 5.02 Å². The molecule has 0 radical (unpaired) electrons. The number of benzene rings is 2. The maximum Gasteiger partial charge on any atom is 0.264 e. The lowest BCUT2D eigenvalue weighted by Crippen LogP contribution is -2.49. The fraction of sp³-hybridized carbons (Fsp3) is 0.568. The Hall–Kier alpha value is -2.92. The first-order chi connectivity index (χ1) is 23.0. The summed E-state index contributed by atoms with van der Waals surface area (Å²) >= 11 is 6.43. The van der Waals surface area contributed by atoms with Crippen LogP contribution in [0.25, 0.3) is 0 Å². The van der Waals surface area contributed by atoms with Crippen LogP contribution in [0.3, 0.4) is 0 Å². The number of carbonyl (C=O) groups excluding carboxylic acids is 2. The van der Waals surface area contributed by atoms with Gasteiger partial charge in [-0.3, -0.25) is 9.59 Å². The third kappa shape index (κ3) is 8.09. The molecule has 1 N–H and O–H groups in total. The van der Waals surface area contributed by atoms with E-state index in [9.17, 15) is 18.0 Å². The van der Waals surface area contributed by atoms with E-state index in [4.69, 9.17) is 21.1 Å². The van der Waals surface area contributed by atoms with Gasteiger partial charge in [-0.2, -0.15) is 0 Å². The molecule has 0 aromatic heterocycles. The number of aryl methyl sites for hydroxylation is 1. The molecule has 260 valence electrons. The van der Waals surface area contributed by atoms with Crippen LogP contribution in [0, 0.1) is 11.8 Å². The monoisotopic (exact) mass is 697 g/mol. The van der Waals surface area contributed by atoms with E-state index in [-0.39, 0.29) is 41.1 Å². The van der Waals surface area contributed by atoms with E-state index in [0.29, 0.717) is 44.1 Å². The van der Waals surface area contributed by atoms with Crippen molar-refractivity contribution >= 4 is 39.0 Å². The van der Waals surface area contributed by atoms with Crippen LogP contribution in [0.4, 0.5) is 5.69 Å². The fourth-order valence-electron chi connectivity index (χ4n) is 7.84. The van der Waals surface area contributed by atoms with E-state index >= 15 is 0 Å². The molecule has 11 heteroatoms. The molecule has 0 unspecified atom stereocenters. The van der Waals surface area contributed by atoms with E-state index in [1.807, 2.05) is 32.3 Å². The van der Waals surface area contributed by atoms with Gasteiger partial charge >= 0.3 is 0 Å². The molecule has 48 heavy (non-hydrogen) atoms. The summed E-state index contributed by atoms with van der Waals surface area (Å²) in [6.07, 6.45) is 10.9. The van der Waals surface area contributed by atoms with Crippen LogP contribution < -0.4 is 14.4 Å². The lowest BCUT2D eigenvalue weighted by molar-refractivity contribution is -0.127. The van der Waals surface area contributed by atoms with Crippen LogP contribution in [0.5, 0.6) is 5.75 Å². The third-order valence-corrected chi connectivity index (χ3v) is 12.1.